The number of rotatable bonds is 10. The van der Waals surface area contributed by atoms with Crippen molar-refractivity contribution in [1.82, 2.24) is 0 Å². The monoisotopic (exact) mass is 326 g/mol. The van der Waals surface area contributed by atoms with Crippen LogP contribution in [-0.2, 0) is 0 Å². The summed E-state index contributed by atoms with van der Waals surface area (Å²) < 4.78 is 42.7. The van der Waals surface area contributed by atoms with E-state index < -0.39 is 12.4 Å². The summed E-state index contributed by atoms with van der Waals surface area (Å²) >= 11 is 0. The molecule has 21 heavy (non-hydrogen) atoms. The maximum atomic E-state index is 12.4. The number of hydrogen-bond acceptors (Lipinski definition) is 1. The van der Waals surface area contributed by atoms with Gasteiger partial charge < -0.3 is 17.7 Å². The summed E-state index contributed by atoms with van der Waals surface area (Å²) in [6, 6.07) is 4.96. The Morgan fingerprint density at radius 3 is 1.90 bits per heavy atom. The van der Waals surface area contributed by atoms with Gasteiger partial charge in [-0.05, 0) is 18.6 Å². The number of ether oxygens (including phenoxy) is 1. The average molecular weight is 326 g/mol. The maximum Gasteiger partial charge on any atom is 1.00 e. The van der Waals surface area contributed by atoms with Crippen LogP contribution in [0.3, 0.4) is 0 Å². The van der Waals surface area contributed by atoms with Gasteiger partial charge in [0.2, 0.25) is 0 Å². The quantitative estimate of drug-likeness (QED) is 0.471. The molecule has 0 aromatic heterocycles. The van der Waals surface area contributed by atoms with Crippen molar-refractivity contribution in [3.05, 3.63) is 24.3 Å². The van der Waals surface area contributed by atoms with E-state index in [1.54, 1.807) is 0 Å². The van der Waals surface area contributed by atoms with E-state index in [0.29, 0.717) is 12.4 Å². The van der Waals surface area contributed by atoms with E-state index in [4.69, 9.17) is 4.74 Å². The topological polar surface area (TPSA) is 9.23 Å². The summed E-state index contributed by atoms with van der Waals surface area (Å²) in [5, 5.41) is 0. The van der Waals surface area contributed by atoms with Gasteiger partial charge in [-0.25, -0.2) is 0 Å². The van der Waals surface area contributed by atoms with Crippen LogP contribution in [0.15, 0.2) is 24.3 Å². The fraction of sp³-hybridized carbons (Fsp3) is 0.600. The zero-order chi connectivity index (χ0) is 14.8. The molecule has 1 aromatic rings. The first kappa shape index (κ1) is 21.5. The van der Waals surface area contributed by atoms with Gasteiger partial charge in [-0.2, -0.15) is 0 Å². The average Bonchev–Trinajstić information content (AvgIpc) is 2.41. The van der Waals surface area contributed by atoms with Crippen molar-refractivity contribution >= 4 is 12.4 Å². The van der Waals surface area contributed by atoms with E-state index in [2.05, 4.69) is 6.92 Å². The summed E-state index contributed by atoms with van der Waals surface area (Å²) in [6.45, 7) is -2.14. The molecule has 0 N–H and O–H groups in total. The molecule has 0 aliphatic heterocycles. The minimum atomic E-state index is -4.91. The zero-order valence-corrected chi connectivity index (χ0v) is 16.2. The van der Waals surface area contributed by atoms with E-state index in [1.165, 1.54) is 44.2 Å². The van der Waals surface area contributed by atoms with Gasteiger partial charge in [-0.15, -0.1) is 5.46 Å². The first-order valence-electron chi connectivity index (χ1n) is 7.46. The largest absolute Gasteiger partial charge is 1.00 e. The van der Waals surface area contributed by atoms with Crippen LogP contribution in [0.4, 0.5) is 12.9 Å². The number of unbranched alkanes of at least 4 members (excludes halogenated alkanes) is 6. The maximum absolute atomic E-state index is 12.4. The van der Waals surface area contributed by atoms with Gasteiger partial charge in [0.05, 0.1) is 6.61 Å². The zero-order valence-electron chi connectivity index (χ0n) is 13.1. The molecule has 0 bridgehead atoms. The third-order valence-corrected chi connectivity index (χ3v) is 3.27. The van der Waals surface area contributed by atoms with Crippen LogP contribution in [0.2, 0.25) is 0 Å². The molecule has 114 valence electrons. The second-order valence-electron chi connectivity index (χ2n) is 5.11. The van der Waals surface area contributed by atoms with Crippen LogP contribution in [-0.4, -0.2) is 13.6 Å². The van der Waals surface area contributed by atoms with E-state index >= 15 is 0 Å². The number of halogens is 3. The molecular formula is C15H23BF3KO. The van der Waals surface area contributed by atoms with Gasteiger partial charge in [0.1, 0.15) is 5.75 Å². The standard InChI is InChI=1S/C15H23BF3O.K/c1-2-3-4-5-6-7-8-13-20-15-11-9-14(10-12-15)16(17,18)19;/h9-12H,2-8,13H2,1H3;/q-1;+1. The molecule has 0 radical (unpaired) electrons. The predicted octanol–water partition coefficient (Wildman–Crippen LogP) is 1.87. The molecule has 1 nitrogen and oxygen atoms in total. The Labute approximate surface area is 168 Å². The second kappa shape index (κ2) is 12.0. The molecule has 0 atom stereocenters. The van der Waals surface area contributed by atoms with Crippen LogP contribution in [0.1, 0.15) is 51.9 Å². The Bertz CT molecular complexity index is 368. The van der Waals surface area contributed by atoms with Gasteiger partial charge in [0, 0.05) is 0 Å². The van der Waals surface area contributed by atoms with E-state index in [0.717, 1.165) is 25.0 Å². The number of benzene rings is 1. The summed E-state index contributed by atoms with van der Waals surface area (Å²) in [5.74, 6) is 0.514. The first-order valence-corrected chi connectivity index (χ1v) is 7.46. The van der Waals surface area contributed by atoms with Crippen LogP contribution in [0.5, 0.6) is 5.75 Å². The van der Waals surface area contributed by atoms with Crippen molar-refractivity contribution in [2.45, 2.75) is 51.9 Å². The van der Waals surface area contributed by atoms with Crippen LogP contribution < -0.4 is 61.6 Å². The Balaban J connectivity index is 0.00000400. The van der Waals surface area contributed by atoms with Crippen molar-refractivity contribution in [3.63, 3.8) is 0 Å². The minimum absolute atomic E-state index is 0. The van der Waals surface area contributed by atoms with Crippen molar-refractivity contribution in [2.24, 2.45) is 0 Å². The fourth-order valence-electron chi connectivity index (χ4n) is 2.03. The van der Waals surface area contributed by atoms with Gasteiger partial charge >= 0.3 is 58.4 Å². The molecule has 6 heteroatoms. The van der Waals surface area contributed by atoms with E-state index in [1.807, 2.05) is 0 Å². The first-order chi connectivity index (χ1) is 9.54. The van der Waals surface area contributed by atoms with Crippen LogP contribution in [0, 0.1) is 0 Å². The molecule has 0 aliphatic rings. The Hall–Kier alpha value is 0.511. The molecule has 0 saturated carbocycles. The molecular weight excluding hydrogens is 303 g/mol. The second-order valence-corrected chi connectivity index (χ2v) is 5.11. The SMILES string of the molecule is CCCCCCCCCOc1ccc([B-](F)(F)F)cc1.[K+]. The van der Waals surface area contributed by atoms with Crippen LogP contribution >= 0.6 is 0 Å². The summed E-state index contributed by atoms with van der Waals surface area (Å²) in [5.41, 5.74) is -0.576. The third-order valence-electron chi connectivity index (χ3n) is 3.27. The minimum Gasteiger partial charge on any atom is -0.494 e. The molecule has 0 saturated heterocycles. The molecule has 0 spiro atoms. The van der Waals surface area contributed by atoms with Crippen LogP contribution in [0.25, 0.3) is 0 Å². The van der Waals surface area contributed by atoms with Crippen molar-refractivity contribution < 1.29 is 69.1 Å². The van der Waals surface area contributed by atoms with Gasteiger partial charge in [0.25, 0.3) is 0 Å². The Morgan fingerprint density at radius 1 is 0.857 bits per heavy atom. The van der Waals surface area contributed by atoms with Gasteiger partial charge in [0.15, 0.2) is 0 Å². The molecule has 0 heterocycles. The molecule has 0 aliphatic carbocycles. The van der Waals surface area contributed by atoms with Gasteiger partial charge in [-0.1, -0.05) is 57.6 Å². The molecule has 0 unspecified atom stereocenters. The summed E-state index contributed by atoms with van der Waals surface area (Å²) in [6.07, 6.45) is 8.37. The Kier molecular flexibility index (Phi) is 12.3. The fourth-order valence-corrected chi connectivity index (χ4v) is 2.03. The summed E-state index contributed by atoms with van der Waals surface area (Å²) in [4.78, 5) is 0. The molecule has 0 fully saturated rings. The normalized spacial score (nSPS) is 11.0. The van der Waals surface area contributed by atoms with Gasteiger partial charge in [-0.3, -0.25) is 0 Å². The molecule has 1 rings (SSSR count). The van der Waals surface area contributed by atoms with Crippen molar-refractivity contribution in [3.8, 4) is 5.75 Å². The molecule has 0 amide bonds. The van der Waals surface area contributed by atoms with Crippen molar-refractivity contribution in [2.75, 3.05) is 6.61 Å². The summed E-state index contributed by atoms with van der Waals surface area (Å²) in [7, 11) is 0. The predicted molar refractivity (Wildman–Crippen MR) is 78.6 cm³/mol. The molecule has 1 aromatic carbocycles. The van der Waals surface area contributed by atoms with Crippen molar-refractivity contribution in [1.29, 1.82) is 0 Å². The number of hydrogen-bond donors (Lipinski definition) is 0. The third kappa shape index (κ3) is 10.0. The Morgan fingerprint density at radius 2 is 1.38 bits per heavy atom. The smallest absolute Gasteiger partial charge is 0.494 e. The van der Waals surface area contributed by atoms with E-state index in [9.17, 15) is 12.9 Å². The van der Waals surface area contributed by atoms with E-state index in [-0.39, 0.29) is 51.4 Å².